The number of hydrogen-bond donors (Lipinski definition) is 4. The fraction of sp³-hybridized carbons (Fsp3) is 0.391. The lowest BCUT2D eigenvalue weighted by atomic mass is 9.51. The fourth-order valence-electron chi connectivity index (χ4n) is 5.58. The van der Waals surface area contributed by atoms with E-state index in [1.807, 2.05) is 24.3 Å². The van der Waals surface area contributed by atoms with Gasteiger partial charge in [0, 0.05) is 23.6 Å². The van der Waals surface area contributed by atoms with E-state index in [1.165, 1.54) is 11.1 Å². The number of nitrogen functional groups attached to an aromatic ring is 2. The topological polar surface area (TPSA) is 113 Å². The zero-order valence-electron chi connectivity index (χ0n) is 17.6. The molecule has 0 spiro atoms. The molecule has 2 atom stereocenters. The fourth-order valence-corrected chi connectivity index (χ4v) is 5.58. The number of hydrazine groups is 1. The summed E-state index contributed by atoms with van der Waals surface area (Å²) in [6.45, 7) is 7.60. The van der Waals surface area contributed by atoms with Crippen LogP contribution < -0.4 is 17.0 Å². The largest absolute Gasteiger partial charge is 0.397 e. The summed E-state index contributed by atoms with van der Waals surface area (Å²) in [5, 5.41) is 0. The van der Waals surface area contributed by atoms with Gasteiger partial charge >= 0.3 is 0 Å². The molecule has 1 aliphatic carbocycles. The van der Waals surface area contributed by atoms with Gasteiger partial charge in [0.25, 0.3) is 5.91 Å². The van der Waals surface area contributed by atoms with E-state index in [0.29, 0.717) is 11.3 Å². The molecule has 156 valence electrons. The van der Waals surface area contributed by atoms with Crippen molar-refractivity contribution in [1.29, 1.82) is 0 Å². The highest BCUT2D eigenvalue weighted by Gasteiger charge is 2.57. The van der Waals surface area contributed by atoms with E-state index in [9.17, 15) is 4.79 Å². The summed E-state index contributed by atoms with van der Waals surface area (Å²) in [5.41, 5.74) is 15.1. The Hall–Kier alpha value is -3.06. The van der Waals surface area contributed by atoms with E-state index in [2.05, 4.69) is 47.1 Å². The number of rotatable bonds is 2. The van der Waals surface area contributed by atoms with Gasteiger partial charge in [-0.1, -0.05) is 20.8 Å². The number of nitrogens with one attached hydrogen (secondary N) is 2. The van der Waals surface area contributed by atoms with E-state index >= 15 is 0 Å². The average Bonchev–Trinajstić information content (AvgIpc) is 3.18. The molecule has 1 aliphatic heterocycles. The third-order valence-corrected chi connectivity index (χ3v) is 7.85. The molecule has 2 aliphatic rings. The lowest BCUT2D eigenvalue weighted by Crippen LogP contribution is -2.64. The van der Waals surface area contributed by atoms with Crippen molar-refractivity contribution >= 4 is 28.3 Å². The van der Waals surface area contributed by atoms with Crippen molar-refractivity contribution in [1.82, 2.24) is 14.9 Å². The second-order valence-corrected chi connectivity index (χ2v) is 9.40. The molecule has 2 heterocycles. The molecule has 0 radical (unpaired) electrons. The maximum absolute atomic E-state index is 13.6. The molecule has 30 heavy (non-hydrogen) atoms. The Morgan fingerprint density at radius 1 is 1.27 bits per heavy atom. The molecule has 1 saturated heterocycles. The highest BCUT2D eigenvalue weighted by Crippen LogP contribution is 2.57. The zero-order chi connectivity index (χ0) is 21.3. The molecule has 1 amide bonds. The Balaban J connectivity index is 1.57. The minimum atomic E-state index is -0.103. The lowest BCUT2D eigenvalue weighted by molar-refractivity contribution is -0.0261. The summed E-state index contributed by atoms with van der Waals surface area (Å²) in [7, 11) is 0. The van der Waals surface area contributed by atoms with Crippen molar-refractivity contribution in [3.63, 3.8) is 0 Å². The van der Waals surface area contributed by atoms with Crippen molar-refractivity contribution in [2.24, 2.45) is 11.3 Å². The van der Waals surface area contributed by atoms with Gasteiger partial charge in [0.05, 0.1) is 28.7 Å². The standard InChI is InChI=1S/C23H28N6O/c1-22(2)20-10-14-8-16(24)18(28-25)11-15(14)23(22,3)6-7-29(20)21(30)13-4-5-17-19(9-13)27-12-26-17/h4-5,8-9,11-12,20,28H,6-7,10,24-25H2,1-3H3,(H,26,27)/t20?,23-/m0/s1. The number of anilines is 2. The number of carbonyl (C=O) groups excluding carboxylic acids is 1. The third kappa shape index (κ3) is 2.41. The maximum atomic E-state index is 13.6. The molecule has 7 heteroatoms. The van der Waals surface area contributed by atoms with Crippen LogP contribution in [-0.2, 0) is 11.8 Å². The summed E-state index contributed by atoms with van der Waals surface area (Å²) in [5.74, 6) is 5.76. The lowest BCUT2D eigenvalue weighted by Gasteiger charge is -2.61. The summed E-state index contributed by atoms with van der Waals surface area (Å²) >= 11 is 0. The number of hydrogen-bond acceptors (Lipinski definition) is 5. The first kappa shape index (κ1) is 18.9. The second-order valence-electron chi connectivity index (χ2n) is 9.40. The number of benzene rings is 2. The van der Waals surface area contributed by atoms with Gasteiger partial charge in [-0.25, -0.2) is 4.98 Å². The van der Waals surface area contributed by atoms with Crippen LogP contribution >= 0.6 is 0 Å². The number of amides is 1. The first-order chi connectivity index (χ1) is 14.3. The van der Waals surface area contributed by atoms with Crippen LogP contribution in [0.5, 0.6) is 0 Å². The van der Waals surface area contributed by atoms with E-state index < -0.39 is 0 Å². The quantitative estimate of drug-likeness (QED) is 0.298. The molecule has 0 saturated carbocycles. The number of piperidine rings is 1. The smallest absolute Gasteiger partial charge is 0.254 e. The van der Waals surface area contributed by atoms with Crippen molar-refractivity contribution in [3.8, 4) is 0 Å². The minimum Gasteiger partial charge on any atom is -0.397 e. The van der Waals surface area contributed by atoms with Gasteiger partial charge in [-0.2, -0.15) is 0 Å². The molecule has 6 N–H and O–H groups in total. The predicted molar refractivity (Wildman–Crippen MR) is 119 cm³/mol. The number of aromatic nitrogens is 2. The van der Waals surface area contributed by atoms with E-state index in [-0.39, 0.29) is 22.8 Å². The number of carbonyl (C=O) groups is 1. The number of aromatic amines is 1. The molecule has 1 unspecified atom stereocenters. The Kier molecular flexibility index (Phi) is 3.92. The minimum absolute atomic E-state index is 0.0725. The number of fused-ring (bicyclic) bond motifs is 5. The Morgan fingerprint density at radius 3 is 2.83 bits per heavy atom. The van der Waals surface area contributed by atoms with Gasteiger partial charge in [-0.05, 0) is 59.7 Å². The Labute approximate surface area is 175 Å². The van der Waals surface area contributed by atoms with Crippen LogP contribution in [0.3, 0.4) is 0 Å². The van der Waals surface area contributed by atoms with Gasteiger partial charge in [0.15, 0.2) is 0 Å². The monoisotopic (exact) mass is 404 g/mol. The summed E-state index contributed by atoms with van der Waals surface area (Å²) in [4.78, 5) is 23.0. The maximum Gasteiger partial charge on any atom is 0.254 e. The summed E-state index contributed by atoms with van der Waals surface area (Å²) in [6, 6.07) is 9.89. The highest BCUT2D eigenvalue weighted by atomic mass is 16.2. The predicted octanol–water partition coefficient (Wildman–Crippen LogP) is 3.19. The molecule has 1 aromatic heterocycles. The average molecular weight is 405 g/mol. The number of nitrogens with two attached hydrogens (primary N) is 2. The van der Waals surface area contributed by atoms with Crippen LogP contribution in [0.1, 0.15) is 48.7 Å². The molecule has 2 aromatic carbocycles. The summed E-state index contributed by atoms with van der Waals surface area (Å²) in [6.07, 6.45) is 3.32. The second kappa shape index (κ2) is 6.22. The van der Waals surface area contributed by atoms with Crippen molar-refractivity contribution in [3.05, 3.63) is 53.3 Å². The molecule has 3 aromatic rings. The Morgan fingerprint density at radius 2 is 2.07 bits per heavy atom. The first-order valence-electron chi connectivity index (χ1n) is 10.4. The molecule has 1 fully saturated rings. The van der Waals surface area contributed by atoms with Crippen molar-refractivity contribution < 1.29 is 4.79 Å². The molecular formula is C23H28N6O. The van der Waals surface area contributed by atoms with Gasteiger partial charge in [0.2, 0.25) is 0 Å². The zero-order valence-corrected chi connectivity index (χ0v) is 17.6. The van der Waals surface area contributed by atoms with Crippen LogP contribution in [0, 0.1) is 5.41 Å². The van der Waals surface area contributed by atoms with E-state index in [1.54, 1.807) is 6.33 Å². The highest BCUT2D eigenvalue weighted by molar-refractivity contribution is 5.97. The SMILES string of the molecule is CC1(C)C2Cc3cc(N)c(NN)cc3[C@]1(C)CCN2C(=O)c1ccc2nc[nH]c2c1. The van der Waals surface area contributed by atoms with Crippen LogP contribution in [0.15, 0.2) is 36.7 Å². The number of imidazole rings is 1. The van der Waals surface area contributed by atoms with E-state index in [4.69, 9.17) is 11.6 Å². The third-order valence-electron chi connectivity index (χ3n) is 7.85. The van der Waals surface area contributed by atoms with E-state index in [0.717, 1.165) is 36.1 Å². The number of H-pyrrole nitrogens is 1. The van der Waals surface area contributed by atoms with Gasteiger partial charge in [-0.15, -0.1) is 0 Å². The van der Waals surface area contributed by atoms with Crippen LogP contribution in [0.4, 0.5) is 11.4 Å². The Bertz CT molecular complexity index is 1170. The summed E-state index contributed by atoms with van der Waals surface area (Å²) < 4.78 is 0. The van der Waals surface area contributed by atoms with Crippen molar-refractivity contribution in [2.75, 3.05) is 17.7 Å². The first-order valence-corrected chi connectivity index (χ1v) is 10.4. The number of likely N-dealkylation sites (tertiary alicyclic amines) is 1. The normalized spacial score (nSPS) is 24.5. The van der Waals surface area contributed by atoms with Crippen LogP contribution in [0.2, 0.25) is 0 Å². The molecule has 2 bridgehead atoms. The molecule has 7 nitrogen and oxygen atoms in total. The molecule has 5 rings (SSSR count). The van der Waals surface area contributed by atoms with Crippen molar-refractivity contribution in [2.45, 2.75) is 45.1 Å². The number of nitrogens with zero attached hydrogens (tertiary/aromatic N) is 2. The molecular weight excluding hydrogens is 376 g/mol. The van der Waals surface area contributed by atoms with Crippen LogP contribution in [0.25, 0.3) is 11.0 Å². The van der Waals surface area contributed by atoms with Crippen LogP contribution in [-0.4, -0.2) is 33.4 Å². The van der Waals surface area contributed by atoms with Gasteiger partial charge in [-0.3, -0.25) is 10.6 Å². The van der Waals surface area contributed by atoms with Gasteiger partial charge < -0.3 is 21.0 Å². The van der Waals surface area contributed by atoms with Gasteiger partial charge in [0.1, 0.15) is 0 Å².